The van der Waals surface area contributed by atoms with Gasteiger partial charge < -0.3 is 4.42 Å². The fraction of sp³-hybridized carbons (Fsp3) is 0.237. The Morgan fingerprint density at radius 1 is 0.738 bits per heavy atom. The Morgan fingerprint density at radius 2 is 1.40 bits per heavy atom. The standard InChI is InChI=1S/C38H34F2NO/c1-21-12-14-25-26-16-17-30(39)34(22-13-15-24-23-10-8-9-11-27(23)38(5,6)28(24)18-22)36(26)42-35(25)33(21)32-19-29(37(2,3)4)31(40)20-41(32)7/h8-20H,1-7H3/q+1. The first-order valence-electron chi connectivity index (χ1n) is 14.5. The lowest BCUT2D eigenvalue weighted by molar-refractivity contribution is -0.662. The molecule has 0 N–H and O–H groups in total. The third-order valence-electron chi connectivity index (χ3n) is 9.13. The summed E-state index contributed by atoms with van der Waals surface area (Å²) in [5, 5.41) is 1.76. The maximum atomic E-state index is 15.8. The lowest BCUT2D eigenvalue weighted by atomic mass is 9.81. The molecule has 0 radical (unpaired) electrons. The first-order chi connectivity index (χ1) is 19.9. The van der Waals surface area contributed by atoms with Crippen LogP contribution in [0.2, 0.25) is 0 Å². The first-order valence-corrected chi connectivity index (χ1v) is 14.5. The van der Waals surface area contributed by atoms with Crippen molar-refractivity contribution in [2.75, 3.05) is 0 Å². The van der Waals surface area contributed by atoms with Crippen LogP contribution in [0.4, 0.5) is 8.78 Å². The maximum Gasteiger partial charge on any atom is 0.216 e. The van der Waals surface area contributed by atoms with Crippen LogP contribution >= 0.6 is 0 Å². The number of aromatic nitrogens is 1. The van der Waals surface area contributed by atoms with Crippen LogP contribution in [0, 0.1) is 18.6 Å². The van der Waals surface area contributed by atoms with Crippen LogP contribution < -0.4 is 4.57 Å². The highest BCUT2D eigenvalue weighted by molar-refractivity contribution is 6.13. The fourth-order valence-electron chi connectivity index (χ4n) is 6.86. The van der Waals surface area contributed by atoms with E-state index < -0.39 is 0 Å². The van der Waals surface area contributed by atoms with Crippen molar-refractivity contribution in [2.45, 2.75) is 52.4 Å². The molecule has 210 valence electrons. The molecule has 4 aromatic carbocycles. The van der Waals surface area contributed by atoms with Gasteiger partial charge in [-0.05, 0) is 63.9 Å². The number of hydrogen-bond acceptors (Lipinski definition) is 1. The monoisotopic (exact) mass is 558 g/mol. The van der Waals surface area contributed by atoms with Gasteiger partial charge in [0.2, 0.25) is 11.9 Å². The molecule has 7 rings (SSSR count). The second-order valence-electron chi connectivity index (χ2n) is 13.2. The van der Waals surface area contributed by atoms with Gasteiger partial charge >= 0.3 is 0 Å². The van der Waals surface area contributed by atoms with Gasteiger partial charge in [0.05, 0.1) is 11.1 Å². The van der Waals surface area contributed by atoms with Crippen molar-refractivity contribution in [1.29, 1.82) is 0 Å². The minimum atomic E-state index is -0.375. The van der Waals surface area contributed by atoms with E-state index in [0.717, 1.165) is 33.2 Å². The Kier molecular flexibility index (Phi) is 5.60. The van der Waals surface area contributed by atoms with E-state index in [1.54, 1.807) is 10.6 Å². The van der Waals surface area contributed by atoms with Crippen molar-refractivity contribution in [3.05, 3.63) is 113 Å². The Labute approximate surface area is 245 Å². The Morgan fingerprint density at radius 3 is 2.14 bits per heavy atom. The second-order valence-corrected chi connectivity index (χ2v) is 13.2. The molecule has 0 unspecified atom stereocenters. The highest BCUT2D eigenvalue weighted by atomic mass is 19.1. The topological polar surface area (TPSA) is 17.0 Å². The van der Waals surface area contributed by atoms with E-state index in [9.17, 15) is 0 Å². The van der Waals surface area contributed by atoms with Crippen molar-refractivity contribution < 1.29 is 17.8 Å². The van der Waals surface area contributed by atoms with Crippen LogP contribution in [-0.4, -0.2) is 0 Å². The second kappa shape index (κ2) is 8.84. The van der Waals surface area contributed by atoms with Gasteiger partial charge in [-0.25, -0.2) is 8.78 Å². The number of furan rings is 1. The zero-order valence-electron chi connectivity index (χ0n) is 25.1. The van der Waals surface area contributed by atoms with Gasteiger partial charge in [0, 0.05) is 27.8 Å². The molecule has 1 aliphatic rings. The predicted molar refractivity (Wildman–Crippen MR) is 167 cm³/mol. The van der Waals surface area contributed by atoms with Crippen LogP contribution in [0.1, 0.15) is 56.9 Å². The molecule has 0 atom stereocenters. The quantitative estimate of drug-likeness (QED) is 0.193. The minimum absolute atomic E-state index is 0.202. The number of nitrogens with zero attached hydrogens (tertiary/aromatic N) is 1. The summed E-state index contributed by atoms with van der Waals surface area (Å²) < 4.78 is 39.4. The van der Waals surface area contributed by atoms with Gasteiger partial charge in [-0.3, -0.25) is 0 Å². The Balaban J connectivity index is 1.49. The van der Waals surface area contributed by atoms with Crippen LogP contribution in [0.25, 0.3) is 55.4 Å². The highest BCUT2D eigenvalue weighted by Crippen LogP contribution is 2.50. The molecule has 2 heterocycles. The summed E-state index contributed by atoms with van der Waals surface area (Å²) in [6, 6.07) is 24.1. The molecule has 2 nitrogen and oxygen atoms in total. The largest absolute Gasteiger partial charge is 0.454 e. The van der Waals surface area contributed by atoms with Crippen LogP contribution in [0.3, 0.4) is 0 Å². The van der Waals surface area contributed by atoms with E-state index in [2.05, 4.69) is 56.3 Å². The maximum absolute atomic E-state index is 15.8. The van der Waals surface area contributed by atoms with Gasteiger partial charge in [0.1, 0.15) is 24.0 Å². The van der Waals surface area contributed by atoms with Gasteiger partial charge in [-0.1, -0.05) is 83.1 Å². The number of fused-ring (bicyclic) bond motifs is 6. The Hall–Kier alpha value is -4.31. The summed E-state index contributed by atoms with van der Waals surface area (Å²) in [6.07, 6.45) is 1.53. The molecule has 42 heavy (non-hydrogen) atoms. The van der Waals surface area contributed by atoms with Crippen LogP contribution in [-0.2, 0) is 17.9 Å². The molecule has 2 aromatic heterocycles. The molecular weight excluding hydrogens is 524 g/mol. The number of benzene rings is 4. The van der Waals surface area contributed by atoms with Gasteiger partial charge in [-0.15, -0.1) is 0 Å². The predicted octanol–water partition coefficient (Wildman–Crippen LogP) is 9.93. The van der Waals surface area contributed by atoms with E-state index in [1.165, 1.54) is 34.5 Å². The minimum Gasteiger partial charge on any atom is -0.454 e. The zero-order chi connectivity index (χ0) is 29.7. The van der Waals surface area contributed by atoms with E-state index in [4.69, 9.17) is 4.42 Å². The molecule has 0 aliphatic heterocycles. The molecule has 0 saturated heterocycles. The van der Waals surface area contributed by atoms with Gasteiger partial charge in [-0.2, -0.15) is 4.57 Å². The molecule has 6 aromatic rings. The molecule has 0 saturated carbocycles. The number of hydrogen-bond donors (Lipinski definition) is 0. The molecular formula is C38H34F2NO+. The summed E-state index contributed by atoms with van der Waals surface area (Å²) in [6.45, 7) is 12.5. The normalized spacial score (nSPS) is 14.0. The third kappa shape index (κ3) is 3.70. The summed E-state index contributed by atoms with van der Waals surface area (Å²) in [7, 11) is 1.85. The summed E-state index contributed by atoms with van der Waals surface area (Å²) in [5.74, 6) is -0.565. The van der Waals surface area contributed by atoms with Crippen LogP contribution in [0.15, 0.2) is 83.4 Å². The molecule has 0 spiro atoms. The molecule has 4 heteroatoms. The molecule has 0 bridgehead atoms. The van der Waals surface area contributed by atoms with Crippen molar-refractivity contribution in [2.24, 2.45) is 7.05 Å². The average molecular weight is 559 g/mol. The lowest BCUT2D eigenvalue weighted by Gasteiger charge is -2.22. The van der Waals surface area contributed by atoms with Crippen molar-refractivity contribution in [3.8, 4) is 33.5 Å². The third-order valence-corrected chi connectivity index (χ3v) is 9.13. The molecule has 0 fully saturated rings. The molecule has 1 aliphatic carbocycles. The number of halogens is 2. The van der Waals surface area contributed by atoms with E-state index in [0.29, 0.717) is 22.3 Å². The lowest BCUT2D eigenvalue weighted by Crippen LogP contribution is -2.33. The number of pyridine rings is 1. The summed E-state index contributed by atoms with van der Waals surface area (Å²) >= 11 is 0. The first kappa shape index (κ1) is 26.6. The number of rotatable bonds is 2. The Bertz CT molecular complexity index is 2090. The van der Waals surface area contributed by atoms with Crippen LogP contribution in [0.5, 0.6) is 0 Å². The smallest absolute Gasteiger partial charge is 0.216 e. The van der Waals surface area contributed by atoms with Crippen molar-refractivity contribution in [3.63, 3.8) is 0 Å². The summed E-state index contributed by atoms with van der Waals surface area (Å²) in [5.41, 5.74) is 10.1. The zero-order valence-corrected chi connectivity index (χ0v) is 25.1. The van der Waals surface area contributed by atoms with E-state index >= 15 is 8.78 Å². The van der Waals surface area contributed by atoms with Crippen molar-refractivity contribution >= 4 is 21.9 Å². The van der Waals surface area contributed by atoms with Gasteiger partial charge in [0.25, 0.3) is 0 Å². The summed E-state index contributed by atoms with van der Waals surface area (Å²) in [4.78, 5) is 0. The average Bonchev–Trinajstić information content (AvgIpc) is 3.41. The van der Waals surface area contributed by atoms with E-state index in [-0.39, 0.29) is 22.5 Å². The van der Waals surface area contributed by atoms with E-state index in [1.807, 2.05) is 52.9 Å². The molecule has 0 amide bonds. The number of aryl methyl sites for hydroxylation is 2. The van der Waals surface area contributed by atoms with Gasteiger partial charge in [0.15, 0.2) is 5.82 Å². The van der Waals surface area contributed by atoms with Crippen molar-refractivity contribution in [1.82, 2.24) is 0 Å². The highest BCUT2D eigenvalue weighted by Gasteiger charge is 2.36. The SMILES string of the molecule is Cc1ccc2c(oc3c(-c4ccc5c(c4)C(C)(C)c4ccccc4-5)c(F)ccc32)c1-c1cc(C(C)(C)C)c(F)c[n+]1C. The fourth-order valence-corrected chi connectivity index (χ4v) is 6.86.